The molecule has 3 rings (SSSR count). The number of hydrogen-bond acceptors (Lipinski definition) is 2. The van der Waals surface area contributed by atoms with Crippen LogP contribution in [0.2, 0.25) is 5.02 Å². The highest BCUT2D eigenvalue weighted by Gasteiger charge is 2.10. The third kappa shape index (κ3) is 1.18. The minimum absolute atomic E-state index is 0.117. The van der Waals surface area contributed by atoms with Gasteiger partial charge in [-0.3, -0.25) is 0 Å². The summed E-state index contributed by atoms with van der Waals surface area (Å²) in [7, 11) is 0. The standard InChI is InChI=1S/C12H7ClO2/c13-9-5-7(14)6-11-12(9)8-3-1-2-4-10(8)15-11/h1-6,14H. The second-order valence-electron chi connectivity index (χ2n) is 3.40. The average Bonchev–Trinajstić information content (AvgIpc) is 2.54. The van der Waals surface area contributed by atoms with Crippen LogP contribution in [0.15, 0.2) is 40.8 Å². The molecule has 0 bridgehead atoms. The van der Waals surface area contributed by atoms with Crippen molar-refractivity contribution in [1.29, 1.82) is 0 Å². The van der Waals surface area contributed by atoms with E-state index in [4.69, 9.17) is 16.0 Å². The van der Waals surface area contributed by atoms with Gasteiger partial charge in [0, 0.05) is 16.8 Å². The summed E-state index contributed by atoms with van der Waals surface area (Å²) < 4.78 is 5.57. The molecule has 3 heteroatoms. The van der Waals surface area contributed by atoms with Crippen molar-refractivity contribution in [2.24, 2.45) is 0 Å². The van der Waals surface area contributed by atoms with Crippen LogP contribution in [0.3, 0.4) is 0 Å². The van der Waals surface area contributed by atoms with Gasteiger partial charge in [0.2, 0.25) is 0 Å². The minimum atomic E-state index is 0.117. The maximum atomic E-state index is 9.39. The highest BCUT2D eigenvalue weighted by Crippen LogP contribution is 2.36. The van der Waals surface area contributed by atoms with Crippen molar-refractivity contribution in [1.82, 2.24) is 0 Å². The molecule has 0 saturated heterocycles. The van der Waals surface area contributed by atoms with E-state index in [9.17, 15) is 5.11 Å². The van der Waals surface area contributed by atoms with E-state index >= 15 is 0 Å². The number of phenols is 1. The van der Waals surface area contributed by atoms with E-state index in [0.717, 1.165) is 16.4 Å². The summed E-state index contributed by atoms with van der Waals surface area (Å²) in [5.74, 6) is 0.117. The van der Waals surface area contributed by atoms with Crippen LogP contribution < -0.4 is 0 Å². The molecular weight excluding hydrogens is 212 g/mol. The molecule has 0 spiro atoms. The lowest BCUT2D eigenvalue weighted by atomic mass is 10.1. The van der Waals surface area contributed by atoms with Gasteiger partial charge in [-0.2, -0.15) is 0 Å². The van der Waals surface area contributed by atoms with Crippen molar-refractivity contribution >= 4 is 33.5 Å². The Morgan fingerprint density at radius 2 is 1.87 bits per heavy atom. The maximum Gasteiger partial charge on any atom is 0.140 e. The first-order valence-corrected chi connectivity index (χ1v) is 4.93. The van der Waals surface area contributed by atoms with Gasteiger partial charge in [0.1, 0.15) is 16.9 Å². The summed E-state index contributed by atoms with van der Waals surface area (Å²) in [5.41, 5.74) is 1.39. The SMILES string of the molecule is Oc1cc(Cl)c2c(c1)oc1ccccc12. The van der Waals surface area contributed by atoms with Crippen molar-refractivity contribution in [2.45, 2.75) is 0 Å². The Bertz CT molecular complexity index is 655. The lowest BCUT2D eigenvalue weighted by Crippen LogP contribution is -1.69. The highest BCUT2D eigenvalue weighted by atomic mass is 35.5. The molecule has 0 fully saturated rings. The quantitative estimate of drug-likeness (QED) is 0.620. The predicted molar refractivity (Wildman–Crippen MR) is 60.4 cm³/mol. The van der Waals surface area contributed by atoms with Crippen LogP contribution in [-0.2, 0) is 0 Å². The molecule has 1 N–H and O–H groups in total. The number of fused-ring (bicyclic) bond motifs is 3. The number of aromatic hydroxyl groups is 1. The van der Waals surface area contributed by atoms with Gasteiger partial charge in [-0.15, -0.1) is 0 Å². The van der Waals surface area contributed by atoms with E-state index in [0.29, 0.717) is 10.6 Å². The fraction of sp³-hybridized carbons (Fsp3) is 0. The molecule has 0 radical (unpaired) electrons. The largest absolute Gasteiger partial charge is 0.508 e. The molecule has 0 amide bonds. The number of rotatable bonds is 0. The summed E-state index contributed by atoms with van der Waals surface area (Å²) in [6, 6.07) is 10.7. The minimum Gasteiger partial charge on any atom is -0.508 e. The summed E-state index contributed by atoms with van der Waals surface area (Å²) in [6.07, 6.45) is 0. The van der Waals surface area contributed by atoms with Crippen LogP contribution in [0.5, 0.6) is 5.75 Å². The maximum absolute atomic E-state index is 9.39. The Morgan fingerprint density at radius 1 is 1.07 bits per heavy atom. The average molecular weight is 219 g/mol. The molecule has 3 aromatic rings. The Balaban J connectivity index is 2.61. The van der Waals surface area contributed by atoms with Crippen molar-refractivity contribution < 1.29 is 9.52 Å². The van der Waals surface area contributed by atoms with Crippen molar-refractivity contribution in [3.05, 3.63) is 41.4 Å². The van der Waals surface area contributed by atoms with Crippen LogP contribution in [0.1, 0.15) is 0 Å². The molecule has 0 saturated carbocycles. The van der Waals surface area contributed by atoms with E-state index in [1.807, 2.05) is 24.3 Å². The molecule has 0 aliphatic carbocycles. The van der Waals surface area contributed by atoms with Crippen molar-refractivity contribution in [3.63, 3.8) is 0 Å². The third-order valence-electron chi connectivity index (χ3n) is 2.42. The number of phenolic OH excluding ortho intramolecular Hbond substituents is 1. The van der Waals surface area contributed by atoms with Crippen LogP contribution in [0.4, 0.5) is 0 Å². The number of benzene rings is 2. The Kier molecular flexibility index (Phi) is 1.67. The van der Waals surface area contributed by atoms with Gasteiger partial charge in [0.25, 0.3) is 0 Å². The van der Waals surface area contributed by atoms with E-state index in [1.165, 1.54) is 6.07 Å². The van der Waals surface area contributed by atoms with Crippen molar-refractivity contribution in [2.75, 3.05) is 0 Å². The van der Waals surface area contributed by atoms with Crippen LogP contribution in [-0.4, -0.2) is 5.11 Å². The predicted octanol–water partition coefficient (Wildman–Crippen LogP) is 3.95. The van der Waals surface area contributed by atoms with E-state index in [2.05, 4.69) is 0 Å². The first-order chi connectivity index (χ1) is 7.25. The van der Waals surface area contributed by atoms with Crippen LogP contribution in [0.25, 0.3) is 21.9 Å². The fourth-order valence-corrected chi connectivity index (χ4v) is 2.10. The summed E-state index contributed by atoms with van der Waals surface area (Å²) in [6.45, 7) is 0. The molecule has 0 aliphatic rings. The summed E-state index contributed by atoms with van der Waals surface area (Å²) >= 11 is 6.06. The van der Waals surface area contributed by atoms with Crippen molar-refractivity contribution in [3.8, 4) is 5.75 Å². The molecule has 0 unspecified atom stereocenters. The monoisotopic (exact) mass is 218 g/mol. The second-order valence-corrected chi connectivity index (χ2v) is 3.81. The van der Waals surface area contributed by atoms with Gasteiger partial charge in [0.15, 0.2) is 0 Å². The van der Waals surface area contributed by atoms with Gasteiger partial charge in [-0.25, -0.2) is 0 Å². The lowest BCUT2D eigenvalue weighted by molar-refractivity contribution is 0.475. The molecule has 1 heterocycles. The molecule has 2 aromatic carbocycles. The topological polar surface area (TPSA) is 33.4 Å². The second kappa shape index (κ2) is 2.91. The number of halogens is 1. The Hall–Kier alpha value is -1.67. The normalized spacial score (nSPS) is 11.3. The van der Waals surface area contributed by atoms with Gasteiger partial charge in [0.05, 0.1) is 5.02 Å². The molecule has 74 valence electrons. The lowest BCUT2D eigenvalue weighted by Gasteiger charge is -1.94. The van der Waals surface area contributed by atoms with Crippen LogP contribution >= 0.6 is 11.6 Å². The first-order valence-electron chi connectivity index (χ1n) is 4.55. The van der Waals surface area contributed by atoms with E-state index in [-0.39, 0.29) is 5.75 Å². The number of para-hydroxylation sites is 1. The number of furan rings is 1. The zero-order valence-electron chi connectivity index (χ0n) is 7.70. The first kappa shape index (κ1) is 8.62. The number of hydrogen-bond donors (Lipinski definition) is 1. The summed E-state index contributed by atoms with van der Waals surface area (Å²) in [4.78, 5) is 0. The third-order valence-corrected chi connectivity index (χ3v) is 2.71. The molecule has 2 nitrogen and oxygen atoms in total. The van der Waals surface area contributed by atoms with Gasteiger partial charge >= 0.3 is 0 Å². The van der Waals surface area contributed by atoms with Gasteiger partial charge < -0.3 is 9.52 Å². The van der Waals surface area contributed by atoms with E-state index < -0.39 is 0 Å². The molecule has 0 aliphatic heterocycles. The smallest absolute Gasteiger partial charge is 0.140 e. The molecule has 0 atom stereocenters. The highest BCUT2D eigenvalue weighted by molar-refractivity contribution is 6.37. The Labute approximate surface area is 90.7 Å². The Morgan fingerprint density at radius 3 is 2.73 bits per heavy atom. The zero-order valence-corrected chi connectivity index (χ0v) is 8.45. The molecule has 1 aromatic heterocycles. The van der Waals surface area contributed by atoms with Gasteiger partial charge in [-0.1, -0.05) is 29.8 Å². The van der Waals surface area contributed by atoms with Crippen LogP contribution in [0, 0.1) is 0 Å². The van der Waals surface area contributed by atoms with Gasteiger partial charge in [-0.05, 0) is 12.1 Å². The summed E-state index contributed by atoms with van der Waals surface area (Å²) in [5, 5.41) is 11.7. The molecular formula is C12H7ClO2. The fourth-order valence-electron chi connectivity index (χ4n) is 1.79. The molecule has 15 heavy (non-hydrogen) atoms. The zero-order chi connectivity index (χ0) is 10.4. The van der Waals surface area contributed by atoms with E-state index in [1.54, 1.807) is 6.07 Å².